The summed E-state index contributed by atoms with van der Waals surface area (Å²) in [5, 5.41) is 11.6. The van der Waals surface area contributed by atoms with Crippen molar-refractivity contribution in [2.75, 3.05) is 0 Å². The number of nitrogens with one attached hydrogen (secondary N) is 1. The monoisotopic (exact) mass is 665 g/mol. The highest BCUT2D eigenvalue weighted by Crippen LogP contribution is 2.29. The number of rotatable bonds is 23. The van der Waals surface area contributed by atoms with E-state index in [9.17, 15) is 46.2 Å². The highest BCUT2D eigenvalue weighted by atomic mass is 19.2. The van der Waals surface area contributed by atoms with Crippen LogP contribution in [0, 0.1) is 29.1 Å². The standard InChI is InChI=1S/C33H48F5NO7/c1-33(2,3)46-25(42)19-17-15-13-11-9-7-5-4-6-8-10-12-14-16-18-23(40)39-22(32(43)44)20-21-24(41)45-31-29(37)27(35)26(34)28(36)30(31)38/h22H,4-21H2,1-3H3,(H,39,40)(H,43,44). The molecule has 1 rings (SSSR count). The third-order valence-electron chi connectivity index (χ3n) is 7.11. The maximum atomic E-state index is 13.7. The second-order valence-electron chi connectivity index (χ2n) is 12.4. The molecule has 13 heteroatoms. The van der Waals surface area contributed by atoms with Gasteiger partial charge in [0.05, 0.1) is 0 Å². The number of hydrogen-bond donors (Lipinski definition) is 2. The zero-order chi connectivity index (χ0) is 34.7. The number of halogens is 5. The quantitative estimate of drug-likeness (QED) is 0.0302. The minimum atomic E-state index is -2.41. The Hall–Kier alpha value is -3.25. The Balaban J connectivity index is 2.10. The van der Waals surface area contributed by atoms with Gasteiger partial charge < -0.3 is 19.9 Å². The zero-order valence-corrected chi connectivity index (χ0v) is 27.1. The van der Waals surface area contributed by atoms with Crippen molar-refractivity contribution in [1.82, 2.24) is 5.32 Å². The minimum Gasteiger partial charge on any atom is -0.480 e. The van der Waals surface area contributed by atoms with Crippen LogP contribution in [0.15, 0.2) is 0 Å². The van der Waals surface area contributed by atoms with E-state index in [4.69, 9.17) is 4.74 Å². The third kappa shape index (κ3) is 16.9. The molecule has 46 heavy (non-hydrogen) atoms. The first-order chi connectivity index (χ1) is 21.6. The predicted octanol–water partition coefficient (Wildman–Crippen LogP) is 8.22. The minimum absolute atomic E-state index is 0.0692. The van der Waals surface area contributed by atoms with E-state index in [0.29, 0.717) is 12.8 Å². The van der Waals surface area contributed by atoms with Crippen molar-refractivity contribution in [2.45, 2.75) is 148 Å². The fourth-order valence-electron chi connectivity index (χ4n) is 4.69. The van der Waals surface area contributed by atoms with Crippen molar-refractivity contribution in [1.29, 1.82) is 0 Å². The van der Waals surface area contributed by atoms with Gasteiger partial charge in [-0.05, 0) is 40.0 Å². The van der Waals surface area contributed by atoms with Gasteiger partial charge in [-0.1, -0.05) is 77.0 Å². The largest absolute Gasteiger partial charge is 0.480 e. The van der Waals surface area contributed by atoms with Gasteiger partial charge in [-0.2, -0.15) is 8.78 Å². The third-order valence-corrected chi connectivity index (χ3v) is 7.11. The summed E-state index contributed by atoms with van der Waals surface area (Å²) in [6.45, 7) is 5.61. The van der Waals surface area contributed by atoms with Crippen LogP contribution in [0.5, 0.6) is 5.75 Å². The molecule has 0 fully saturated rings. The summed E-state index contributed by atoms with van der Waals surface area (Å²) >= 11 is 0. The molecule has 0 aromatic heterocycles. The summed E-state index contributed by atoms with van der Waals surface area (Å²) in [5.41, 5.74) is -0.429. The molecule has 0 aliphatic rings. The number of amides is 1. The van der Waals surface area contributed by atoms with E-state index >= 15 is 0 Å². The van der Waals surface area contributed by atoms with Crippen LogP contribution in [0.25, 0.3) is 0 Å². The van der Waals surface area contributed by atoms with Gasteiger partial charge in [-0.15, -0.1) is 0 Å². The van der Waals surface area contributed by atoms with Gasteiger partial charge in [0.15, 0.2) is 0 Å². The first-order valence-corrected chi connectivity index (χ1v) is 16.1. The van der Waals surface area contributed by atoms with Gasteiger partial charge in [0.25, 0.3) is 0 Å². The number of hydrogen-bond acceptors (Lipinski definition) is 6. The molecule has 262 valence electrons. The van der Waals surface area contributed by atoms with Crippen LogP contribution in [-0.4, -0.2) is 40.6 Å². The summed E-state index contributed by atoms with van der Waals surface area (Å²) < 4.78 is 76.6. The number of esters is 2. The van der Waals surface area contributed by atoms with Crippen LogP contribution in [0.3, 0.4) is 0 Å². The fourth-order valence-corrected chi connectivity index (χ4v) is 4.69. The number of carbonyl (C=O) groups is 4. The Kier molecular flexibility index (Phi) is 19.1. The van der Waals surface area contributed by atoms with Crippen LogP contribution in [0.1, 0.15) is 136 Å². The van der Waals surface area contributed by atoms with Gasteiger partial charge in [0.1, 0.15) is 11.6 Å². The number of carbonyl (C=O) groups excluding carboxylic acids is 3. The average molecular weight is 666 g/mol. The Labute approximate surface area is 267 Å². The van der Waals surface area contributed by atoms with E-state index in [0.717, 1.165) is 51.4 Å². The Morgan fingerprint density at radius 2 is 1.00 bits per heavy atom. The molecule has 0 saturated carbocycles. The van der Waals surface area contributed by atoms with Gasteiger partial charge in [0, 0.05) is 19.3 Å². The lowest BCUT2D eigenvalue weighted by atomic mass is 10.0. The molecular weight excluding hydrogens is 617 g/mol. The molecule has 8 nitrogen and oxygen atoms in total. The number of ether oxygens (including phenoxy) is 2. The maximum Gasteiger partial charge on any atom is 0.326 e. The van der Waals surface area contributed by atoms with Gasteiger partial charge >= 0.3 is 17.9 Å². The smallest absolute Gasteiger partial charge is 0.326 e. The molecule has 1 aromatic rings. The van der Waals surface area contributed by atoms with Crippen LogP contribution < -0.4 is 10.1 Å². The van der Waals surface area contributed by atoms with Gasteiger partial charge in [-0.25, -0.2) is 18.0 Å². The lowest BCUT2D eigenvalue weighted by molar-refractivity contribution is -0.155. The molecule has 0 aliphatic carbocycles. The van der Waals surface area contributed by atoms with Crippen molar-refractivity contribution < 1.29 is 55.7 Å². The molecule has 1 unspecified atom stereocenters. The topological polar surface area (TPSA) is 119 Å². The predicted molar refractivity (Wildman–Crippen MR) is 160 cm³/mol. The number of unbranched alkanes of at least 4 members (excludes halogenated alkanes) is 13. The van der Waals surface area contributed by atoms with Crippen molar-refractivity contribution >= 4 is 23.8 Å². The maximum absolute atomic E-state index is 13.7. The van der Waals surface area contributed by atoms with Crippen LogP contribution in [0.2, 0.25) is 0 Å². The first kappa shape index (κ1) is 40.8. The molecule has 0 bridgehead atoms. The Bertz CT molecular complexity index is 1110. The number of aliphatic carboxylic acids is 1. The lowest BCUT2D eigenvalue weighted by Crippen LogP contribution is -2.41. The molecule has 1 atom stereocenters. The van der Waals surface area contributed by atoms with E-state index in [1.165, 1.54) is 32.1 Å². The van der Waals surface area contributed by atoms with E-state index in [-0.39, 0.29) is 12.4 Å². The molecule has 0 aliphatic heterocycles. The second kappa shape index (κ2) is 21.5. The normalized spacial score (nSPS) is 12.1. The number of carboxylic acids is 1. The summed E-state index contributed by atoms with van der Waals surface area (Å²) in [5.74, 6) is -17.0. The fraction of sp³-hybridized carbons (Fsp3) is 0.697. The van der Waals surface area contributed by atoms with E-state index in [1.54, 1.807) is 0 Å². The van der Waals surface area contributed by atoms with Gasteiger partial charge in [0.2, 0.25) is 40.7 Å². The molecule has 1 aromatic carbocycles. The van der Waals surface area contributed by atoms with Crippen molar-refractivity contribution in [3.05, 3.63) is 29.1 Å². The van der Waals surface area contributed by atoms with E-state index in [1.807, 2.05) is 20.8 Å². The Morgan fingerprint density at radius 3 is 1.41 bits per heavy atom. The summed E-state index contributed by atoms with van der Waals surface area (Å²) in [6.07, 6.45) is 13.7. The first-order valence-electron chi connectivity index (χ1n) is 16.1. The highest BCUT2D eigenvalue weighted by Gasteiger charge is 2.29. The van der Waals surface area contributed by atoms with Crippen molar-refractivity contribution in [3.63, 3.8) is 0 Å². The van der Waals surface area contributed by atoms with E-state index < -0.39 is 77.2 Å². The average Bonchev–Trinajstić information content (AvgIpc) is 2.98. The van der Waals surface area contributed by atoms with Crippen LogP contribution in [0.4, 0.5) is 22.0 Å². The molecular formula is C33H48F5NO7. The zero-order valence-electron chi connectivity index (χ0n) is 27.1. The molecule has 0 spiro atoms. The SMILES string of the molecule is CC(C)(C)OC(=O)CCCCCCCCCCCCCCCCC(=O)NC(CCC(=O)Oc1c(F)c(F)c(F)c(F)c1F)C(=O)O. The molecule has 0 saturated heterocycles. The lowest BCUT2D eigenvalue weighted by Gasteiger charge is -2.19. The summed E-state index contributed by atoms with van der Waals surface area (Å²) in [6, 6.07) is -1.51. The molecule has 1 amide bonds. The van der Waals surface area contributed by atoms with Crippen molar-refractivity contribution in [2.24, 2.45) is 0 Å². The van der Waals surface area contributed by atoms with Crippen LogP contribution in [-0.2, 0) is 23.9 Å². The second-order valence-corrected chi connectivity index (χ2v) is 12.4. The molecule has 0 heterocycles. The highest BCUT2D eigenvalue weighted by molar-refractivity contribution is 5.84. The van der Waals surface area contributed by atoms with Crippen molar-refractivity contribution in [3.8, 4) is 5.75 Å². The Morgan fingerprint density at radius 1 is 0.609 bits per heavy atom. The number of carboxylic acid groups (broad SMARTS) is 1. The van der Waals surface area contributed by atoms with Crippen LogP contribution >= 0.6 is 0 Å². The number of benzene rings is 1. The molecule has 0 radical (unpaired) electrons. The van der Waals surface area contributed by atoms with E-state index in [2.05, 4.69) is 10.1 Å². The summed E-state index contributed by atoms with van der Waals surface area (Å²) in [4.78, 5) is 47.2. The summed E-state index contributed by atoms with van der Waals surface area (Å²) in [7, 11) is 0. The van der Waals surface area contributed by atoms with Gasteiger partial charge in [-0.3, -0.25) is 14.4 Å². The molecule has 2 N–H and O–H groups in total.